The summed E-state index contributed by atoms with van der Waals surface area (Å²) in [6, 6.07) is 0. The van der Waals surface area contributed by atoms with E-state index in [1.807, 2.05) is 0 Å². The van der Waals surface area contributed by atoms with E-state index in [2.05, 4.69) is 6.58 Å². The van der Waals surface area contributed by atoms with Crippen LogP contribution in [0.25, 0.3) is 0 Å². The Morgan fingerprint density at radius 1 is 1.36 bits per heavy atom. The maximum atomic E-state index is 10.9. The van der Waals surface area contributed by atoms with E-state index in [-0.39, 0.29) is 24.4 Å². The van der Waals surface area contributed by atoms with Crippen molar-refractivity contribution in [3.8, 4) is 0 Å². The molecule has 0 amide bonds. The molecule has 0 bridgehead atoms. The molecule has 1 fully saturated rings. The highest BCUT2D eigenvalue weighted by Gasteiger charge is 2.36. The van der Waals surface area contributed by atoms with Crippen molar-refractivity contribution in [3.63, 3.8) is 0 Å². The van der Waals surface area contributed by atoms with Gasteiger partial charge < -0.3 is 0 Å². The summed E-state index contributed by atoms with van der Waals surface area (Å²) < 4.78 is 0. The number of hydrogen-bond donors (Lipinski definition) is 0. The molecule has 1 rings (SSSR count). The average molecular weight is 152 g/mol. The van der Waals surface area contributed by atoms with Gasteiger partial charge in [0.1, 0.15) is 5.92 Å². The first kappa shape index (κ1) is 7.85. The molecule has 0 unspecified atom stereocenters. The van der Waals surface area contributed by atoms with Gasteiger partial charge in [0.25, 0.3) is 0 Å². The molecule has 3 nitrogen and oxygen atoms in total. The van der Waals surface area contributed by atoms with Crippen LogP contribution in [0.2, 0.25) is 0 Å². The van der Waals surface area contributed by atoms with Crippen molar-refractivity contribution in [2.24, 2.45) is 5.92 Å². The third-order valence-electron chi connectivity index (χ3n) is 1.75. The molecule has 0 N–H and O–H groups in total. The fourth-order valence-electron chi connectivity index (χ4n) is 1.15. The second kappa shape index (κ2) is 2.78. The Kier molecular flexibility index (Phi) is 1.98. The summed E-state index contributed by atoms with van der Waals surface area (Å²) in [6.07, 6.45) is 1.46. The summed E-state index contributed by atoms with van der Waals surface area (Å²) in [5.41, 5.74) is 0. The first-order valence-corrected chi connectivity index (χ1v) is 3.38. The molecule has 0 saturated heterocycles. The van der Waals surface area contributed by atoms with E-state index >= 15 is 0 Å². The van der Waals surface area contributed by atoms with E-state index in [0.29, 0.717) is 0 Å². The SMILES string of the molecule is C=CC(=O)C1C(=O)CCC1=O. The first-order chi connectivity index (χ1) is 5.16. The van der Waals surface area contributed by atoms with Crippen molar-refractivity contribution in [3.05, 3.63) is 12.7 Å². The van der Waals surface area contributed by atoms with Gasteiger partial charge in [-0.1, -0.05) is 6.58 Å². The molecule has 0 spiro atoms. The summed E-state index contributed by atoms with van der Waals surface area (Å²) in [4.78, 5) is 32.7. The van der Waals surface area contributed by atoms with E-state index in [1.165, 1.54) is 0 Å². The maximum absolute atomic E-state index is 10.9. The third kappa shape index (κ3) is 1.27. The van der Waals surface area contributed by atoms with Gasteiger partial charge in [0.15, 0.2) is 17.3 Å². The van der Waals surface area contributed by atoms with Crippen molar-refractivity contribution in [2.45, 2.75) is 12.8 Å². The molecule has 0 atom stereocenters. The third-order valence-corrected chi connectivity index (χ3v) is 1.75. The van der Waals surface area contributed by atoms with Crippen molar-refractivity contribution in [1.29, 1.82) is 0 Å². The lowest BCUT2D eigenvalue weighted by molar-refractivity contribution is -0.133. The Bertz CT molecular complexity index is 224. The lowest BCUT2D eigenvalue weighted by Gasteiger charge is -1.98. The molecule has 3 heteroatoms. The van der Waals surface area contributed by atoms with Crippen LogP contribution in [0.3, 0.4) is 0 Å². The highest BCUT2D eigenvalue weighted by molar-refractivity contribution is 6.25. The monoisotopic (exact) mass is 152 g/mol. The minimum absolute atomic E-state index is 0.211. The number of hydrogen-bond acceptors (Lipinski definition) is 3. The number of carbonyl (C=O) groups is 3. The molecular formula is C8H8O3. The quantitative estimate of drug-likeness (QED) is 0.422. The van der Waals surface area contributed by atoms with Gasteiger partial charge in [0.2, 0.25) is 0 Å². The Morgan fingerprint density at radius 3 is 2.18 bits per heavy atom. The molecule has 0 radical (unpaired) electrons. The summed E-state index contributed by atoms with van der Waals surface area (Å²) in [5, 5.41) is 0. The van der Waals surface area contributed by atoms with E-state index in [1.54, 1.807) is 0 Å². The standard InChI is InChI=1S/C8H8O3/c1-2-5(9)8-6(10)3-4-7(8)11/h2,8H,1,3-4H2. The molecule has 1 aliphatic rings. The molecule has 11 heavy (non-hydrogen) atoms. The van der Waals surface area contributed by atoms with Gasteiger partial charge in [-0.25, -0.2) is 0 Å². The van der Waals surface area contributed by atoms with E-state index in [0.717, 1.165) is 6.08 Å². The van der Waals surface area contributed by atoms with Crippen LogP contribution in [-0.4, -0.2) is 17.3 Å². The van der Waals surface area contributed by atoms with E-state index < -0.39 is 11.7 Å². The Balaban J connectivity index is 2.84. The van der Waals surface area contributed by atoms with Gasteiger partial charge in [0, 0.05) is 12.8 Å². The van der Waals surface area contributed by atoms with Gasteiger partial charge >= 0.3 is 0 Å². The molecule has 58 valence electrons. The van der Waals surface area contributed by atoms with Crippen LogP contribution >= 0.6 is 0 Å². The fraction of sp³-hybridized carbons (Fsp3) is 0.375. The van der Waals surface area contributed by atoms with Crippen molar-refractivity contribution in [2.75, 3.05) is 0 Å². The number of allylic oxidation sites excluding steroid dienone is 1. The van der Waals surface area contributed by atoms with E-state index in [4.69, 9.17) is 0 Å². The smallest absolute Gasteiger partial charge is 0.173 e. The maximum Gasteiger partial charge on any atom is 0.173 e. The van der Waals surface area contributed by atoms with Crippen LogP contribution in [0, 0.1) is 5.92 Å². The normalized spacial score (nSPS) is 18.9. The predicted molar refractivity (Wildman–Crippen MR) is 37.9 cm³/mol. The molecular weight excluding hydrogens is 144 g/mol. The first-order valence-electron chi connectivity index (χ1n) is 3.38. The zero-order valence-electron chi connectivity index (χ0n) is 6.00. The van der Waals surface area contributed by atoms with Crippen LogP contribution in [-0.2, 0) is 14.4 Å². The van der Waals surface area contributed by atoms with Crippen LogP contribution < -0.4 is 0 Å². The van der Waals surface area contributed by atoms with Crippen molar-refractivity contribution >= 4 is 17.3 Å². The van der Waals surface area contributed by atoms with Gasteiger partial charge in [-0.15, -0.1) is 0 Å². The second-order valence-electron chi connectivity index (χ2n) is 2.47. The summed E-state index contributed by atoms with van der Waals surface area (Å²) in [5.74, 6) is -2.01. The number of Topliss-reactive ketones (excluding diaryl/α,β-unsaturated/α-hetero) is 2. The van der Waals surface area contributed by atoms with Gasteiger partial charge in [0.05, 0.1) is 0 Å². The lowest BCUT2D eigenvalue weighted by Crippen LogP contribution is -2.22. The molecule has 0 heterocycles. The average Bonchev–Trinajstić information content (AvgIpc) is 2.30. The number of carbonyl (C=O) groups excluding carboxylic acids is 3. The van der Waals surface area contributed by atoms with Gasteiger partial charge in [-0.3, -0.25) is 14.4 Å². The van der Waals surface area contributed by atoms with Crippen LogP contribution in [0.15, 0.2) is 12.7 Å². The van der Waals surface area contributed by atoms with Gasteiger partial charge in [-0.2, -0.15) is 0 Å². The van der Waals surface area contributed by atoms with Gasteiger partial charge in [-0.05, 0) is 6.08 Å². The minimum atomic E-state index is -1.02. The fourth-order valence-corrected chi connectivity index (χ4v) is 1.15. The Morgan fingerprint density at radius 2 is 1.82 bits per heavy atom. The lowest BCUT2D eigenvalue weighted by atomic mass is 10.0. The number of ketones is 3. The van der Waals surface area contributed by atoms with Crippen LogP contribution in [0.1, 0.15) is 12.8 Å². The summed E-state index contributed by atoms with van der Waals surface area (Å²) >= 11 is 0. The Hall–Kier alpha value is -1.25. The predicted octanol–water partition coefficient (Wildman–Crippen LogP) is 0.290. The zero-order chi connectivity index (χ0) is 8.43. The zero-order valence-corrected chi connectivity index (χ0v) is 6.00. The molecule has 0 aromatic rings. The highest BCUT2D eigenvalue weighted by Crippen LogP contribution is 2.18. The second-order valence-corrected chi connectivity index (χ2v) is 2.47. The topological polar surface area (TPSA) is 51.2 Å². The minimum Gasteiger partial charge on any atom is -0.298 e. The summed E-state index contributed by atoms with van der Waals surface area (Å²) in [6.45, 7) is 3.22. The Labute approximate surface area is 64.1 Å². The van der Waals surface area contributed by atoms with Crippen LogP contribution in [0.4, 0.5) is 0 Å². The van der Waals surface area contributed by atoms with Crippen LogP contribution in [0.5, 0.6) is 0 Å². The summed E-state index contributed by atoms with van der Waals surface area (Å²) in [7, 11) is 0. The molecule has 0 aromatic carbocycles. The number of rotatable bonds is 2. The highest BCUT2D eigenvalue weighted by atomic mass is 16.2. The largest absolute Gasteiger partial charge is 0.298 e. The molecule has 0 aromatic heterocycles. The molecule has 0 aliphatic heterocycles. The molecule has 1 aliphatic carbocycles. The molecule has 1 saturated carbocycles. The van der Waals surface area contributed by atoms with E-state index in [9.17, 15) is 14.4 Å². The van der Waals surface area contributed by atoms with Crippen molar-refractivity contribution < 1.29 is 14.4 Å². The van der Waals surface area contributed by atoms with Crippen molar-refractivity contribution in [1.82, 2.24) is 0 Å².